The number of ether oxygens (including phenoxy) is 2. The van der Waals surface area contributed by atoms with E-state index in [0.717, 1.165) is 11.1 Å². The number of fused-ring (bicyclic) bond motifs is 1. The summed E-state index contributed by atoms with van der Waals surface area (Å²) < 4.78 is 23.6. The molecule has 0 spiro atoms. The molecule has 1 aliphatic heterocycles. The summed E-state index contributed by atoms with van der Waals surface area (Å²) in [4.78, 5) is 12.0. The standard InChI is InChI=1S/C19H21FN2O3/c1-19(2,14-4-6-15(20)7-5-14)11-22-18(23)21-10-13-3-8-16-17(9-13)25-12-24-16/h3-9H,10-12H2,1-2H3,(H2,21,22,23). The first-order chi connectivity index (χ1) is 11.9. The molecule has 2 N–H and O–H groups in total. The van der Waals surface area contributed by atoms with Gasteiger partial charge in [-0.05, 0) is 35.4 Å². The van der Waals surface area contributed by atoms with E-state index in [1.54, 1.807) is 12.1 Å². The second kappa shape index (κ2) is 7.01. The molecule has 0 aromatic heterocycles. The van der Waals surface area contributed by atoms with E-state index in [0.29, 0.717) is 24.6 Å². The van der Waals surface area contributed by atoms with Gasteiger partial charge in [-0.3, -0.25) is 0 Å². The highest BCUT2D eigenvalue weighted by Gasteiger charge is 2.21. The number of carbonyl (C=O) groups is 1. The van der Waals surface area contributed by atoms with Crippen molar-refractivity contribution in [2.45, 2.75) is 25.8 Å². The van der Waals surface area contributed by atoms with Gasteiger partial charge in [0, 0.05) is 18.5 Å². The van der Waals surface area contributed by atoms with E-state index in [1.807, 2.05) is 32.0 Å². The Labute approximate surface area is 146 Å². The van der Waals surface area contributed by atoms with Gasteiger partial charge >= 0.3 is 6.03 Å². The van der Waals surface area contributed by atoms with Crippen LogP contribution in [0.5, 0.6) is 11.5 Å². The van der Waals surface area contributed by atoms with Crippen LogP contribution in [0, 0.1) is 5.82 Å². The Hall–Kier alpha value is -2.76. The van der Waals surface area contributed by atoms with Gasteiger partial charge in [-0.1, -0.05) is 32.0 Å². The normalized spacial score (nSPS) is 12.8. The molecular formula is C19H21FN2O3. The number of hydrogen-bond acceptors (Lipinski definition) is 3. The summed E-state index contributed by atoms with van der Waals surface area (Å²) in [5, 5.41) is 5.68. The summed E-state index contributed by atoms with van der Waals surface area (Å²) in [5.41, 5.74) is 1.59. The lowest BCUT2D eigenvalue weighted by molar-refractivity contribution is 0.174. The molecule has 1 aliphatic rings. The van der Waals surface area contributed by atoms with Crippen molar-refractivity contribution in [2.24, 2.45) is 0 Å². The zero-order valence-electron chi connectivity index (χ0n) is 14.3. The van der Waals surface area contributed by atoms with Crippen LogP contribution in [-0.4, -0.2) is 19.4 Å². The van der Waals surface area contributed by atoms with Gasteiger partial charge in [-0.2, -0.15) is 0 Å². The van der Waals surface area contributed by atoms with Crippen LogP contribution in [0.2, 0.25) is 0 Å². The number of halogens is 1. The van der Waals surface area contributed by atoms with Crippen LogP contribution in [-0.2, 0) is 12.0 Å². The molecule has 3 rings (SSSR count). The number of benzene rings is 2. The molecule has 5 nitrogen and oxygen atoms in total. The molecule has 2 aromatic carbocycles. The minimum absolute atomic E-state index is 0.227. The first kappa shape index (κ1) is 17.1. The first-order valence-corrected chi connectivity index (χ1v) is 8.10. The van der Waals surface area contributed by atoms with Gasteiger partial charge in [0.05, 0.1) is 0 Å². The highest BCUT2D eigenvalue weighted by molar-refractivity contribution is 5.74. The van der Waals surface area contributed by atoms with E-state index in [4.69, 9.17) is 9.47 Å². The molecule has 0 saturated heterocycles. The van der Waals surface area contributed by atoms with Crippen LogP contribution in [0.1, 0.15) is 25.0 Å². The fourth-order valence-corrected chi connectivity index (χ4v) is 2.60. The SMILES string of the molecule is CC(C)(CNC(=O)NCc1ccc2c(c1)OCO2)c1ccc(F)cc1. The van der Waals surface area contributed by atoms with Crippen molar-refractivity contribution in [1.82, 2.24) is 10.6 Å². The number of rotatable bonds is 5. The summed E-state index contributed by atoms with van der Waals surface area (Å²) in [6.07, 6.45) is 0. The van der Waals surface area contributed by atoms with Crippen molar-refractivity contribution < 1.29 is 18.7 Å². The van der Waals surface area contributed by atoms with E-state index in [1.165, 1.54) is 12.1 Å². The van der Waals surface area contributed by atoms with Crippen molar-refractivity contribution in [1.29, 1.82) is 0 Å². The number of carbonyl (C=O) groups excluding carboxylic acids is 1. The predicted octanol–water partition coefficient (Wildman–Crippen LogP) is 3.33. The largest absolute Gasteiger partial charge is 0.454 e. The molecule has 0 atom stereocenters. The van der Waals surface area contributed by atoms with Crippen LogP contribution in [0.3, 0.4) is 0 Å². The van der Waals surface area contributed by atoms with Crippen LogP contribution in [0.25, 0.3) is 0 Å². The lowest BCUT2D eigenvalue weighted by Crippen LogP contribution is -2.42. The fraction of sp³-hybridized carbons (Fsp3) is 0.316. The minimum atomic E-state index is -0.302. The third-order valence-corrected chi connectivity index (χ3v) is 4.21. The van der Waals surface area contributed by atoms with Crippen molar-refractivity contribution in [2.75, 3.05) is 13.3 Å². The van der Waals surface area contributed by atoms with Gasteiger partial charge < -0.3 is 20.1 Å². The first-order valence-electron chi connectivity index (χ1n) is 8.10. The molecule has 2 amide bonds. The quantitative estimate of drug-likeness (QED) is 0.875. The molecular weight excluding hydrogens is 323 g/mol. The molecule has 0 saturated carbocycles. The van der Waals surface area contributed by atoms with E-state index in [9.17, 15) is 9.18 Å². The van der Waals surface area contributed by atoms with Crippen LogP contribution >= 0.6 is 0 Å². The predicted molar refractivity (Wildman–Crippen MR) is 92.2 cm³/mol. The maximum atomic E-state index is 13.0. The molecule has 1 heterocycles. The third-order valence-electron chi connectivity index (χ3n) is 4.21. The summed E-state index contributed by atoms with van der Waals surface area (Å²) in [7, 11) is 0. The van der Waals surface area contributed by atoms with Crippen molar-refractivity contribution >= 4 is 6.03 Å². The fourth-order valence-electron chi connectivity index (χ4n) is 2.60. The summed E-state index contributed by atoms with van der Waals surface area (Å²) in [6, 6.07) is 11.6. The molecule has 0 radical (unpaired) electrons. The van der Waals surface area contributed by atoms with Gasteiger partial charge in [-0.15, -0.1) is 0 Å². The van der Waals surface area contributed by atoms with Crippen LogP contribution in [0.15, 0.2) is 42.5 Å². The maximum absolute atomic E-state index is 13.0. The van der Waals surface area contributed by atoms with Crippen molar-refractivity contribution in [3.63, 3.8) is 0 Å². The van der Waals surface area contributed by atoms with Gasteiger partial charge in [0.25, 0.3) is 0 Å². The van der Waals surface area contributed by atoms with E-state index in [2.05, 4.69) is 10.6 Å². The Morgan fingerprint density at radius 1 is 1.08 bits per heavy atom. The van der Waals surface area contributed by atoms with E-state index >= 15 is 0 Å². The maximum Gasteiger partial charge on any atom is 0.315 e. The van der Waals surface area contributed by atoms with Gasteiger partial charge in [0.15, 0.2) is 11.5 Å². The smallest absolute Gasteiger partial charge is 0.315 e. The van der Waals surface area contributed by atoms with E-state index < -0.39 is 0 Å². The Morgan fingerprint density at radius 3 is 2.56 bits per heavy atom. The summed E-state index contributed by atoms with van der Waals surface area (Å²) in [6.45, 7) is 5.05. The van der Waals surface area contributed by atoms with Crippen molar-refractivity contribution in [3.8, 4) is 11.5 Å². The number of amides is 2. The number of nitrogens with one attached hydrogen (secondary N) is 2. The Bertz CT molecular complexity index is 760. The van der Waals surface area contributed by atoms with Gasteiger partial charge in [-0.25, -0.2) is 9.18 Å². The Balaban J connectivity index is 1.50. The van der Waals surface area contributed by atoms with Gasteiger partial charge in [0.2, 0.25) is 6.79 Å². The lowest BCUT2D eigenvalue weighted by Gasteiger charge is -2.25. The molecule has 132 valence electrons. The van der Waals surface area contributed by atoms with Gasteiger partial charge in [0.1, 0.15) is 5.82 Å². The van der Waals surface area contributed by atoms with Crippen LogP contribution < -0.4 is 20.1 Å². The monoisotopic (exact) mass is 344 g/mol. The average Bonchev–Trinajstić information content (AvgIpc) is 3.06. The molecule has 6 heteroatoms. The zero-order chi connectivity index (χ0) is 17.9. The highest BCUT2D eigenvalue weighted by atomic mass is 19.1. The van der Waals surface area contributed by atoms with Crippen molar-refractivity contribution in [3.05, 3.63) is 59.4 Å². The molecule has 0 aliphatic carbocycles. The second-order valence-corrected chi connectivity index (χ2v) is 6.61. The Kier molecular flexibility index (Phi) is 4.79. The Morgan fingerprint density at radius 2 is 1.80 bits per heavy atom. The number of hydrogen-bond donors (Lipinski definition) is 2. The zero-order valence-corrected chi connectivity index (χ0v) is 14.3. The molecule has 0 fully saturated rings. The topological polar surface area (TPSA) is 59.6 Å². The summed E-state index contributed by atoms with van der Waals surface area (Å²) in [5.74, 6) is 1.14. The molecule has 25 heavy (non-hydrogen) atoms. The lowest BCUT2D eigenvalue weighted by atomic mass is 9.84. The third kappa shape index (κ3) is 4.21. The van der Waals surface area contributed by atoms with E-state index in [-0.39, 0.29) is 24.1 Å². The highest BCUT2D eigenvalue weighted by Crippen LogP contribution is 2.32. The van der Waals surface area contributed by atoms with Crippen LogP contribution in [0.4, 0.5) is 9.18 Å². The number of urea groups is 1. The minimum Gasteiger partial charge on any atom is -0.454 e. The molecule has 0 unspecified atom stereocenters. The second-order valence-electron chi connectivity index (χ2n) is 6.61. The molecule has 2 aromatic rings. The molecule has 0 bridgehead atoms. The summed E-state index contributed by atoms with van der Waals surface area (Å²) >= 11 is 0. The average molecular weight is 344 g/mol.